The fourth-order valence-electron chi connectivity index (χ4n) is 4.12. The van der Waals surface area contributed by atoms with Gasteiger partial charge in [0, 0.05) is 6.54 Å². The average molecular weight is 474 g/mol. The minimum absolute atomic E-state index is 0.360. The van der Waals surface area contributed by atoms with Crippen molar-refractivity contribution >= 4 is 20.1 Å². The second-order valence-electron chi connectivity index (χ2n) is 8.29. The number of unbranched alkanes of at least 4 members (excludes halogenated alkanes) is 1. The Morgan fingerprint density at radius 1 is 1.06 bits per heavy atom. The molecule has 0 aromatic heterocycles. The minimum atomic E-state index is -2.98. The maximum Gasteiger partial charge on any atom is 0.326 e. The van der Waals surface area contributed by atoms with E-state index in [1.807, 2.05) is 48.5 Å². The number of carboxylic acid groups (broad SMARTS) is 1. The third-order valence-electron chi connectivity index (χ3n) is 5.88. The number of carbonyl (C=O) groups is 2. The van der Waals surface area contributed by atoms with Crippen molar-refractivity contribution in [3.05, 3.63) is 71.8 Å². The van der Waals surface area contributed by atoms with Crippen LogP contribution in [0.1, 0.15) is 56.3 Å². The molecule has 3 rings (SSSR count). The fourth-order valence-corrected chi connectivity index (χ4v) is 5.06. The van der Waals surface area contributed by atoms with E-state index in [1.165, 1.54) is 17.4 Å². The van der Waals surface area contributed by atoms with Gasteiger partial charge in [-0.3, -0.25) is 13.9 Å². The molecule has 0 spiro atoms. The molecule has 8 heteroatoms. The van der Waals surface area contributed by atoms with Gasteiger partial charge in [-0.2, -0.15) is 0 Å². The third kappa shape index (κ3) is 7.53. The Morgan fingerprint density at radius 2 is 1.73 bits per heavy atom. The minimum Gasteiger partial charge on any atom is -0.480 e. The Kier molecular flexibility index (Phi) is 9.67. The summed E-state index contributed by atoms with van der Waals surface area (Å²) in [6.07, 6.45) is 3.08. The van der Waals surface area contributed by atoms with Crippen LogP contribution in [0.5, 0.6) is 0 Å². The molecule has 7 nitrogen and oxygen atoms in total. The lowest BCUT2D eigenvalue weighted by Crippen LogP contribution is -2.44. The van der Waals surface area contributed by atoms with E-state index in [1.54, 1.807) is 0 Å². The average Bonchev–Trinajstić information content (AvgIpc) is 3.32. The van der Waals surface area contributed by atoms with E-state index in [-0.39, 0.29) is 0 Å². The van der Waals surface area contributed by atoms with E-state index in [2.05, 4.69) is 12.1 Å². The first-order valence-corrected chi connectivity index (χ1v) is 12.7. The maximum atomic E-state index is 12.7. The molecule has 0 radical (unpaired) electrons. The Bertz CT molecular complexity index is 923. The summed E-state index contributed by atoms with van der Waals surface area (Å²) >= 11 is 0. The summed E-state index contributed by atoms with van der Waals surface area (Å²) in [5.41, 5.74) is 2.18. The van der Waals surface area contributed by atoms with Crippen LogP contribution in [-0.2, 0) is 29.6 Å². The number of carboxylic acids is 1. The van der Waals surface area contributed by atoms with Crippen LogP contribution in [0.2, 0.25) is 0 Å². The molecule has 4 atom stereocenters. The van der Waals surface area contributed by atoms with Crippen LogP contribution >= 0.6 is 8.25 Å². The fraction of sp³-hybridized carbons (Fsp3) is 0.440. The summed E-state index contributed by atoms with van der Waals surface area (Å²) in [4.78, 5) is 25.3. The molecule has 1 aliphatic rings. The Labute approximate surface area is 195 Å². The normalized spacial score (nSPS) is 18.6. The topological polar surface area (TPSA) is 93.1 Å². The summed E-state index contributed by atoms with van der Waals surface area (Å²) < 4.78 is 23.9. The zero-order valence-corrected chi connectivity index (χ0v) is 19.9. The first kappa shape index (κ1) is 25.2. The van der Waals surface area contributed by atoms with Gasteiger partial charge in [-0.25, -0.2) is 4.79 Å². The molecule has 0 bridgehead atoms. The number of likely N-dealkylation sites (tertiary alicyclic amines) is 1. The van der Waals surface area contributed by atoms with Crippen LogP contribution in [0.4, 0.5) is 0 Å². The maximum absolute atomic E-state index is 12.7. The van der Waals surface area contributed by atoms with Gasteiger partial charge in [0.05, 0.1) is 6.10 Å². The smallest absolute Gasteiger partial charge is 0.326 e. The molecule has 2 aromatic rings. The molecule has 1 saturated heterocycles. The molecule has 1 heterocycles. The molecule has 178 valence electrons. The van der Waals surface area contributed by atoms with Crippen molar-refractivity contribution in [3.8, 4) is 0 Å². The van der Waals surface area contributed by atoms with Gasteiger partial charge in [-0.15, -0.1) is 0 Å². The summed E-state index contributed by atoms with van der Waals surface area (Å²) in [5, 5.41) is 9.30. The van der Waals surface area contributed by atoms with Crippen molar-refractivity contribution in [2.45, 2.75) is 63.7 Å². The van der Waals surface area contributed by atoms with Crippen molar-refractivity contribution in [1.29, 1.82) is 0 Å². The molecule has 2 unspecified atom stereocenters. The largest absolute Gasteiger partial charge is 0.480 e. The molecular weight excluding hydrogens is 441 g/mol. The van der Waals surface area contributed by atoms with Gasteiger partial charge in [0.1, 0.15) is 12.1 Å². The quantitative estimate of drug-likeness (QED) is 0.343. The van der Waals surface area contributed by atoms with Crippen LogP contribution in [0, 0.1) is 0 Å². The summed E-state index contributed by atoms with van der Waals surface area (Å²) in [7, 11) is -2.98. The van der Waals surface area contributed by atoms with Gasteiger partial charge in [0.25, 0.3) is 5.91 Å². The van der Waals surface area contributed by atoms with Crippen molar-refractivity contribution in [3.63, 3.8) is 0 Å². The lowest BCUT2D eigenvalue weighted by atomic mass is 10.0. The second kappa shape index (κ2) is 12.7. The third-order valence-corrected chi connectivity index (χ3v) is 6.90. The number of carbonyl (C=O) groups excluding carboxylic acids is 1. The van der Waals surface area contributed by atoms with Crippen LogP contribution in [0.15, 0.2) is 60.7 Å². The first-order valence-electron chi connectivity index (χ1n) is 11.4. The lowest BCUT2D eigenvalue weighted by molar-refractivity contribution is -0.151. The van der Waals surface area contributed by atoms with Gasteiger partial charge in [-0.05, 0) is 50.2 Å². The Balaban J connectivity index is 1.54. The predicted molar refractivity (Wildman–Crippen MR) is 126 cm³/mol. The van der Waals surface area contributed by atoms with Crippen molar-refractivity contribution in [1.82, 2.24) is 4.90 Å². The highest BCUT2D eigenvalue weighted by atomic mass is 31.1. The van der Waals surface area contributed by atoms with Crippen molar-refractivity contribution < 1.29 is 28.3 Å². The standard InChI is InChI=1S/C25H32NO6P/c1-19(24(27)26-18-10-16-22(26)25(28)29)31-33(30)32-23(21-14-6-3-7-15-21)17-9-8-13-20-11-4-2-5-12-20/h2-7,11-12,14-15,19,22-23,33H,8-10,13,16-18H2,1H3,(H,28,29)/t19-,22-,23?/m0/s1. The van der Waals surface area contributed by atoms with Gasteiger partial charge in [0.15, 0.2) is 0 Å². The SMILES string of the molecule is C[C@H](O[PH](=O)OC(CCCCc1ccccc1)c1ccccc1)C(=O)N1CCC[C@H]1C(=O)O. The summed E-state index contributed by atoms with van der Waals surface area (Å²) in [6.45, 7) is 1.85. The molecule has 1 N–H and O–H groups in total. The molecule has 33 heavy (non-hydrogen) atoms. The highest BCUT2D eigenvalue weighted by Crippen LogP contribution is 2.37. The van der Waals surface area contributed by atoms with Gasteiger partial charge in [0.2, 0.25) is 0 Å². The predicted octanol–water partition coefficient (Wildman–Crippen LogP) is 5.03. The van der Waals surface area contributed by atoms with E-state index in [0.29, 0.717) is 25.8 Å². The molecule has 1 amide bonds. The first-order chi connectivity index (χ1) is 16.0. The van der Waals surface area contributed by atoms with Crippen LogP contribution in [0.3, 0.4) is 0 Å². The zero-order valence-electron chi connectivity index (χ0n) is 18.9. The molecular formula is C25H32NO6P. The van der Waals surface area contributed by atoms with Crippen molar-refractivity contribution in [2.75, 3.05) is 6.54 Å². The molecule has 0 saturated carbocycles. The van der Waals surface area contributed by atoms with E-state index >= 15 is 0 Å². The van der Waals surface area contributed by atoms with E-state index in [4.69, 9.17) is 9.05 Å². The van der Waals surface area contributed by atoms with E-state index in [0.717, 1.165) is 24.8 Å². The molecule has 1 aliphatic heterocycles. The Morgan fingerprint density at radius 3 is 2.39 bits per heavy atom. The van der Waals surface area contributed by atoms with Crippen LogP contribution in [0.25, 0.3) is 0 Å². The van der Waals surface area contributed by atoms with Crippen molar-refractivity contribution in [2.24, 2.45) is 0 Å². The Hall–Kier alpha value is -2.47. The molecule has 0 aliphatic carbocycles. The van der Waals surface area contributed by atoms with Crippen LogP contribution < -0.4 is 0 Å². The number of aryl methyl sites for hydroxylation is 1. The monoisotopic (exact) mass is 473 g/mol. The summed E-state index contributed by atoms with van der Waals surface area (Å²) in [5.74, 6) is -1.50. The van der Waals surface area contributed by atoms with E-state index < -0.39 is 38.4 Å². The number of aliphatic carboxylic acids is 1. The van der Waals surface area contributed by atoms with Gasteiger partial charge >= 0.3 is 14.2 Å². The second-order valence-corrected chi connectivity index (χ2v) is 9.26. The number of benzene rings is 2. The van der Waals surface area contributed by atoms with Gasteiger partial charge < -0.3 is 14.5 Å². The number of nitrogens with zero attached hydrogens (tertiary/aromatic N) is 1. The lowest BCUT2D eigenvalue weighted by Gasteiger charge is -2.25. The zero-order chi connectivity index (χ0) is 23.6. The summed E-state index contributed by atoms with van der Waals surface area (Å²) in [6, 6.07) is 19.0. The highest BCUT2D eigenvalue weighted by molar-refractivity contribution is 7.33. The number of amides is 1. The van der Waals surface area contributed by atoms with Gasteiger partial charge in [-0.1, -0.05) is 67.1 Å². The van der Waals surface area contributed by atoms with Crippen LogP contribution in [-0.4, -0.2) is 40.6 Å². The van der Waals surface area contributed by atoms with E-state index in [9.17, 15) is 19.3 Å². The number of rotatable bonds is 12. The molecule has 1 fully saturated rings. The molecule has 2 aromatic carbocycles. The number of hydrogen-bond donors (Lipinski definition) is 1. The number of hydrogen-bond acceptors (Lipinski definition) is 5. The highest BCUT2D eigenvalue weighted by Gasteiger charge is 2.36.